The number of hydrogen-bond acceptors (Lipinski definition) is 4. The Labute approximate surface area is 266 Å². The fourth-order valence-electron chi connectivity index (χ4n) is 4.68. The highest BCUT2D eigenvalue weighted by atomic mass is 79.9. The van der Waals surface area contributed by atoms with Crippen molar-refractivity contribution in [1.82, 2.24) is 10.2 Å². The molecule has 1 N–H and O–H groups in total. The lowest BCUT2D eigenvalue weighted by molar-refractivity contribution is -0.140. The molecule has 4 aromatic carbocycles. The zero-order chi connectivity index (χ0) is 31.7. The smallest absolute Gasteiger partial charge is 0.264 e. The molecule has 0 saturated carbocycles. The average Bonchev–Trinajstić information content (AvgIpc) is 3.02. The molecule has 2 atom stereocenters. The summed E-state index contributed by atoms with van der Waals surface area (Å²) in [6.07, 6.45) is 0.905. The van der Waals surface area contributed by atoms with Gasteiger partial charge in [-0.2, -0.15) is 0 Å². The van der Waals surface area contributed by atoms with Crippen LogP contribution >= 0.6 is 15.9 Å². The largest absolute Gasteiger partial charge is 0.352 e. The van der Waals surface area contributed by atoms with Crippen LogP contribution in [-0.4, -0.2) is 43.8 Å². The summed E-state index contributed by atoms with van der Waals surface area (Å²) in [5, 5.41) is 3.01. The van der Waals surface area contributed by atoms with Gasteiger partial charge in [-0.25, -0.2) is 12.8 Å². The molecule has 0 aromatic heterocycles. The van der Waals surface area contributed by atoms with Gasteiger partial charge in [-0.15, -0.1) is 0 Å². The second-order valence-corrected chi connectivity index (χ2v) is 13.3. The molecule has 4 aromatic rings. The summed E-state index contributed by atoms with van der Waals surface area (Å²) < 4.78 is 43.5. The van der Waals surface area contributed by atoms with Crippen LogP contribution in [0.2, 0.25) is 0 Å². The molecule has 0 heterocycles. The van der Waals surface area contributed by atoms with E-state index in [1.54, 1.807) is 18.2 Å². The lowest BCUT2D eigenvalue weighted by Gasteiger charge is -2.34. The van der Waals surface area contributed by atoms with E-state index in [0.29, 0.717) is 6.42 Å². The van der Waals surface area contributed by atoms with Gasteiger partial charge in [-0.3, -0.25) is 13.9 Å². The van der Waals surface area contributed by atoms with E-state index in [9.17, 15) is 22.4 Å². The van der Waals surface area contributed by atoms with Crippen LogP contribution in [0.4, 0.5) is 10.1 Å². The number of sulfonamides is 1. The second kappa shape index (κ2) is 15.1. The Balaban J connectivity index is 1.80. The fraction of sp³-hybridized carbons (Fsp3) is 0.235. The van der Waals surface area contributed by atoms with E-state index in [1.165, 1.54) is 29.2 Å². The molecular formula is C34H35BrFN3O4S. The summed E-state index contributed by atoms with van der Waals surface area (Å²) >= 11 is 3.48. The number of carbonyl (C=O) groups excluding carboxylic acids is 2. The van der Waals surface area contributed by atoms with Crippen LogP contribution in [0.5, 0.6) is 0 Å². The number of rotatable bonds is 13. The molecule has 2 unspecified atom stereocenters. The number of amides is 2. The van der Waals surface area contributed by atoms with Crippen molar-refractivity contribution in [3.63, 3.8) is 0 Å². The molecule has 44 heavy (non-hydrogen) atoms. The van der Waals surface area contributed by atoms with Gasteiger partial charge in [-0.1, -0.05) is 83.5 Å². The van der Waals surface area contributed by atoms with Gasteiger partial charge in [0.1, 0.15) is 18.4 Å². The minimum atomic E-state index is -4.25. The Morgan fingerprint density at radius 3 is 2.09 bits per heavy atom. The first-order valence-corrected chi connectivity index (χ1v) is 16.5. The molecule has 7 nitrogen and oxygen atoms in total. The monoisotopic (exact) mass is 679 g/mol. The zero-order valence-electron chi connectivity index (χ0n) is 24.6. The zero-order valence-corrected chi connectivity index (χ0v) is 27.0. The van der Waals surface area contributed by atoms with Gasteiger partial charge in [-0.05, 0) is 73.0 Å². The molecule has 10 heteroatoms. The molecule has 0 spiro atoms. The van der Waals surface area contributed by atoms with Crippen LogP contribution in [0.15, 0.2) is 119 Å². The normalized spacial score (nSPS) is 12.6. The topological polar surface area (TPSA) is 86.8 Å². The fourth-order valence-corrected chi connectivity index (χ4v) is 6.56. The summed E-state index contributed by atoms with van der Waals surface area (Å²) in [5.41, 5.74) is 1.71. The molecule has 0 saturated heterocycles. The number of hydrogen-bond donors (Lipinski definition) is 1. The number of nitrogens with one attached hydrogen (secondary N) is 1. The predicted octanol–water partition coefficient (Wildman–Crippen LogP) is 6.34. The third-order valence-electron chi connectivity index (χ3n) is 7.24. The molecule has 2 amide bonds. The van der Waals surface area contributed by atoms with Crippen LogP contribution in [0.1, 0.15) is 31.4 Å². The van der Waals surface area contributed by atoms with Gasteiger partial charge in [0.2, 0.25) is 11.8 Å². The van der Waals surface area contributed by atoms with Crippen LogP contribution in [-0.2, 0) is 32.6 Å². The minimum absolute atomic E-state index is 0.0222. The van der Waals surface area contributed by atoms with E-state index in [1.807, 2.05) is 68.4 Å². The maximum absolute atomic E-state index is 14.4. The molecular weight excluding hydrogens is 645 g/mol. The molecule has 0 aliphatic carbocycles. The molecule has 0 aliphatic rings. The highest BCUT2D eigenvalue weighted by molar-refractivity contribution is 9.10. The summed E-state index contributed by atoms with van der Waals surface area (Å²) in [6.45, 7) is 3.28. The highest BCUT2D eigenvalue weighted by Gasteiger charge is 2.35. The van der Waals surface area contributed by atoms with Crippen molar-refractivity contribution in [1.29, 1.82) is 0 Å². The van der Waals surface area contributed by atoms with E-state index in [-0.39, 0.29) is 35.5 Å². The second-order valence-electron chi connectivity index (χ2n) is 10.5. The predicted molar refractivity (Wildman–Crippen MR) is 174 cm³/mol. The van der Waals surface area contributed by atoms with Gasteiger partial charge < -0.3 is 10.2 Å². The third kappa shape index (κ3) is 8.54. The Morgan fingerprint density at radius 2 is 1.48 bits per heavy atom. The van der Waals surface area contributed by atoms with Crippen molar-refractivity contribution in [3.05, 3.63) is 131 Å². The number of nitrogens with zero attached hydrogens (tertiary/aromatic N) is 2. The lowest BCUT2D eigenvalue weighted by Crippen LogP contribution is -2.54. The van der Waals surface area contributed by atoms with Gasteiger partial charge >= 0.3 is 0 Å². The average molecular weight is 681 g/mol. The Hall–Kier alpha value is -4.02. The maximum Gasteiger partial charge on any atom is 0.264 e. The standard InChI is InChI=1S/C34H35BrFN3O4S/c1-3-25(2)37-34(41)32(22-26-11-6-4-7-12-26)38(23-27-13-10-14-28(35)21-27)33(40)24-39(30-19-17-29(36)18-20-30)44(42,43)31-15-8-5-9-16-31/h4-21,25,32H,3,22-24H2,1-2H3,(H,37,41). The van der Waals surface area contributed by atoms with Crippen molar-refractivity contribution in [3.8, 4) is 0 Å². The first kappa shape index (κ1) is 32.9. The first-order chi connectivity index (χ1) is 21.1. The Morgan fingerprint density at radius 1 is 0.864 bits per heavy atom. The lowest BCUT2D eigenvalue weighted by atomic mass is 10.0. The SMILES string of the molecule is CCC(C)NC(=O)C(Cc1ccccc1)N(Cc1cccc(Br)c1)C(=O)CN(c1ccc(F)cc1)S(=O)(=O)c1ccccc1. The molecule has 0 fully saturated rings. The van der Waals surface area contributed by atoms with Crippen LogP contribution in [0.25, 0.3) is 0 Å². The van der Waals surface area contributed by atoms with Crippen molar-refractivity contribution >= 4 is 43.5 Å². The van der Waals surface area contributed by atoms with Gasteiger partial charge in [0.25, 0.3) is 10.0 Å². The third-order valence-corrected chi connectivity index (χ3v) is 9.52. The molecule has 0 bridgehead atoms. The van der Waals surface area contributed by atoms with Gasteiger partial charge in [0.15, 0.2) is 0 Å². The van der Waals surface area contributed by atoms with Crippen LogP contribution < -0.4 is 9.62 Å². The van der Waals surface area contributed by atoms with E-state index in [2.05, 4.69) is 21.2 Å². The van der Waals surface area contributed by atoms with E-state index in [0.717, 1.165) is 32.0 Å². The van der Waals surface area contributed by atoms with E-state index in [4.69, 9.17) is 0 Å². The number of carbonyl (C=O) groups is 2. The van der Waals surface area contributed by atoms with E-state index >= 15 is 0 Å². The first-order valence-electron chi connectivity index (χ1n) is 14.3. The van der Waals surface area contributed by atoms with Crippen molar-refractivity contribution in [2.24, 2.45) is 0 Å². The van der Waals surface area contributed by atoms with Crippen LogP contribution in [0.3, 0.4) is 0 Å². The molecule has 4 rings (SSSR count). The summed E-state index contributed by atoms with van der Waals surface area (Å²) in [6, 6.07) is 28.3. The Kier molecular flexibility index (Phi) is 11.3. The van der Waals surface area contributed by atoms with Gasteiger partial charge in [0, 0.05) is 23.5 Å². The van der Waals surface area contributed by atoms with Crippen molar-refractivity contribution < 1.29 is 22.4 Å². The molecule has 0 aliphatic heterocycles. The Bertz CT molecular complexity index is 1660. The number of halogens is 2. The quantitative estimate of drug-likeness (QED) is 0.179. The van der Waals surface area contributed by atoms with Crippen molar-refractivity contribution in [2.75, 3.05) is 10.8 Å². The van der Waals surface area contributed by atoms with Crippen LogP contribution in [0, 0.1) is 5.82 Å². The van der Waals surface area contributed by atoms with Crippen molar-refractivity contribution in [2.45, 2.75) is 50.2 Å². The van der Waals surface area contributed by atoms with E-state index < -0.39 is 34.3 Å². The summed E-state index contributed by atoms with van der Waals surface area (Å²) in [4.78, 5) is 29.7. The highest BCUT2D eigenvalue weighted by Crippen LogP contribution is 2.25. The molecule has 230 valence electrons. The summed E-state index contributed by atoms with van der Waals surface area (Å²) in [5.74, 6) is -1.47. The number of benzene rings is 4. The maximum atomic E-state index is 14.4. The molecule has 0 radical (unpaired) electrons. The number of anilines is 1. The minimum Gasteiger partial charge on any atom is -0.352 e. The van der Waals surface area contributed by atoms with Gasteiger partial charge in [0.05, 0.1) is 10.6 Å². The summed E-state index contributed by atoms with van der Waals surface area (Å²) in [7, 11) is -4.25.